The average Bonchev–Trinajstić information content (AvgIpc) is 2.95. The van der Waals surface area contributed by atoms with Crippen molar-refractivity contribution in [1.29, 1.82) is 0 Å². The van der Waals surface area contributed by atoms with Gasteiger partial charge < -0.3 is 5.32 Å². The molecule has 0 aliphatic heterocycles. The van der Waals surface area contributed by atoms with Gasteiger partial charge in [0.25, 0.3) is 0 Å². The first kappa shape index (κ1) is 12.7. The van der Waals surface area contributed by atoms with Crippen LogP contribution in [0.3, 0.4) is 0 Å². The number of anilines is 1. The quantitative estimate of drug-likeness (QED) is 0.853. The van der Waals surface area contributed by atoms with Gasteiger partial charge in [-0.1, -0.05) is 6.92 Å². The minimum absolute atomic E-state index is 0.396. The van der Waals surface area contributed by atoms with E-state index in [1.54, 1.807) is 0 Å². The van der Waals surface area contributed by atoms with E-state index >= 15 is 0 Å². The fourth-order valence-corrected chi connectivity index (χ4v) is 1.76. The Morgan fingerprint density at radius 3 is 2.72 bits per heavy atom. The number of aryl methyl sites for hydroxylation is 1. The van der Waals surface area contributed by atoms with Crippen molar-refractivity contribution >= 4 is 5.69 Å². The highest BCUT2D eigenvalue weighted by atomic mass is 15.3. The Labute approximate surface area is 108 Å². The first-order valence-electron chi connectivity index (χ1n) is 6.48. The molecule has 0 amide bonds. The van der Waals surface area contributed by atoms with Crippen LogP contribution >= 0.6 is 0 Å². The molecule has 2 rings (SSSR count). The molecule has 0 bridgehead atoms. The highest BCUT2D eigenvalue weighted by Gasteiger charge is 2.02. The molecule has 1 N–H and O–H groups in total. The second-order valence-electron chi connectivity index (χ2n) is 4.77. The zero-order valence-electron chi connectivity index (χ0n) is 11.3. The summed E-state index contributed by atoms with van der Waals surface area (Å²) in [7, 11) is 0. The second-order valence-corrected chi connectivity index (χ2v) is 4.77. The first-order chi connectivity index (χ1) is 8.69. The van der Waals surface area contributed by atoms with E-state index in [2.05, 4.69) is 42.5 Å². The van der Waals surface area contributed by atoms with Gasteiger partial charge in [-0.2, -0.15) is 10.2 Å². The summed E-state index contributed by atoms with van der Waals surface area (Å²) in [6, 6.07) is 0.396. The first-order valence-corrected chi connectivity index (χ1v) is 6.48. The van der Waals surface area contributed by atoms with Gasteiger partial charge in [0.15, 0.2) is 0 Å². The van der Waals surface area contributed by atoms with Crippen molar-refractivity contribution in [2.45, 2.75) is 46.3 Å². The van der Waals surface area contributed by atoms with Crippen LogP contribution in [-0.4, -0.2) is 19.6 Å². The van der Waals surface area contributed by atoms with E-state index in [0.29, 0.717) is 6.04 Å². The molecule has 0 aromatic carbocycles. The Morgan fingerprint density at radius 1 is 1.22 bits per heavy atom. The molecule has 0 unspecified atom stereocenters. The number of nitrogens with one attached hydrogen (secondary N) is 1. The Balaban J connectivity index is 1.89. The monoisotopic (exact) mass is 247 g/mol. The molecule has 0 spiro atoms. The maximum atomic E-state index is 4.31. The lowest BCUT2D eigenvalue weighted by molar-refractivity contribution is 0.532. The third-order valence-corrected chi connectivity index (χ3v) is 2.77. The van der Waals surface area contributed by atoms with Crippen molar-refractivity contribution in [2.24, 2.45) is 0 Å². The normalized spacial score (nSPS) is 11.1. The summed E-state index contributed by atoms with van der Waals surface area (Å²) in [5, 5.41) is 12.0. The van der Waals surface area contributed by atoms with Gasteiger partial charge in [-0.3, -0.25) is 9.36 Å². The molecule has 0 fully saturated rings. The molecule has 2 heterocycles. The van der Waals surface area contributed by atoms with Crippen LogP contribution < -0.4 is 5.32 Å². The summed E-state index contributed by atoms with van der Waals surface area (Å²) in [5.74, 6) is 0. The molecule has 0 saturated carbocycles. The lowest BCUT2D eigenvalue weighted by Gasteiger charge is -2.03. The van der Waals surface area contributed by atoms with Gasteiger partial charge in [-0.15, -0.1) is 0 Å². The van der Waals surface area contributed by atoms with E-state index in [9.17, 15) is 0 Å². The lowest BCUT2D eigenvalue weighted by atomic mass is 10.3. The molecule has 2 aromatic rings. The molecule has 2 aromatic heterocycles. The summed E-state index contributed by atoms with van der Waals surface area (Å²) in [6.45, 7) is 8.15. The van der Waals surface area contributed by atoms with Crippen LogP contribution in [0, 0.1) is 0 Å². The number of hydrogen-bond donors (Lipinski definition) is 1. The number of aromatic nitrogens is 4. The van der Waals surface area contributed by atoms with Crippen molar-refractivity contribution in [3.63, 3.8) is 0 Å². The second kappa shape index (κ2) is 5.71. The Kier molecular flexibility index (Phi) is 4.02. The van der Waals surface area contributed by atoms with Crippen molar-refractivity contribution < 1.29 is 0 Å². The van der Waals surface area contributed by atoms with E-state index < -0.39 is 0 Å². The van der Waals surface area contributed by atoms with E-state index in [1.807, 2.05) is 28.0 Å². The van der Waals surface area contributed by atoms with Crippen LogP contribution in [0.1, 0.15) is 38.8 Å². The fourth-order valence-electron chi connectivity index (χ4n) is 1.76. The van der Waals surface area contributed by atoms with Crippen LogP contribution in [-0.2, 0) is 13.1 Å². The molecule has 5 nitrogen and oxygen atoms in total. The largest absolute Gasteiger partial charge is 0.378 e. The Hall–Kier alpha value is -1.78. The molecule has 0 atom stereocenters. The van der Waals surface area contributed by atoms with Gasteiger partial charge in [0, 0.05) is 37.1 Å². The topological polar surface area (TPSA) is 47.7 Å². The van der Waals surface area contributed by atoms with Crippen molar-refractivity contribution in [2.75, 3.05) is 5.32 Å². The molecule has 5 heteroatoms. The molecule has 0 aliphatic carbocycles. The highest BCUT2D eigenvalue weighted by Crippen LogP contribution is 2.11. The smallest absolute Gasteiger partial charge is 0.0729 e. The molecule has 0 radical (unpaired) electrons. The summed E-state index contributed by atoms with van der Waals surface area (Å²) in [6.07, 6.45) is 8.99. The highest BCUT2D eigenvalue weighted by molar-refractivity contribution is 5.38. The van der Waals surface area contributed by atoms with Gasteiger partial charge in [0.1, 0.15) is 0 Å². The number of hydrogen-bond acceptors (Lipinski definition) is 3. The van der Waals surface area contributed by atoms with Crippen molar-refractivity contribution in [3.8, 4) is 0 Å². The van der Waals surface area contributed by atoms with Crippen LogP contribution in [0.25, 0.3) is 0 Å². The van der Waals surface area contributed by atoms with Crippen LogP contribution in [0.4, 0.5) is 5.69 Å². The fraction of sp³-hybridized carbons (Fsp3) is 0.538. The van der Waals surface area contributed by atoms with Gasteiger partial charge in [0.2, 0.25) is 0 Å². The van der Waals surface area contributed by atoms with Crippen LogP contribution in [0.15, 0.2) is 24.8 Å². The third-order valence-electron chi connectivity index (χ3n) is 2.77. The molecule has 18 heavy (non-hydrogen) atoms. The van der Waals surface area contributed by atoms with Crippen molar-refractivity contribution in [3.05, 3.63) is 30.4 Å². The summed E-state index contributed by atoms with van der Waals surface area (Å²) in [4.78, 5) is 0. The van der Waals surface area contributed by atoms with Crippen LogP contribution in [0.5, 0.6) is 0 Å². The molecule has 0 saturated heterocycles. The van der Waals surface area contributed by atoms with Crippen molar-refractivity contribution in [1.82, 2.24) is 19.6 Å². The summed E-state index contributed by atoms with van der Waals surface area (Å²) >= 11 is 0. The molecular weight excluding hydrogens is 226 g/mol. The average molecular weight is 247 g/mol. The third kappa shape index (κ3) is 3.12. The standard InChI is InChI=1S/C13H21N5/c1-4-5-17-9-12(7-15-17)6-14-13-8-16-18(10-13)11(2)3/h7-11,14H,4-6H2,1-3H3. The number of nitrogens with zero attached hydrogens (tertiary/aromatic N) is 4. The van der Waals surface area contributed by atoms with Gasteiger partial charge in [-0.05, 0) is 20.3 Å². The maximum Gasteiger partial charge on any atom is 0.0729 e. The Morgan fingerprint density at radius 2 is 2.06 bits per heavy atom. The number of rotatable bonds is 6. The van der Waals surface area contributed by atoms with E-state index in [-0.39, 0.29) is 0 Å². The maximum absolute atomic E-state index is 4.31. The zero-order valence-corrected chi connectivity index (χ0v) is 11.3. The SMILES string of the molecule is CCCn1cc(CNc2cnn(C(C)C)c2)cn1. The van der Waals surface area contributed by atoms with Gasteiger partial charge in [-0.25, -0.2) is 0 Å². The lowest BCUT2D eigenvalue weighted by Crippen LogP contribution is -2.01. The molecule has 0 aliphatic rings. The predicted octanol–water partition coefficient (Wildman–Crippen LogP) is 2.68. The van der Waals surface area contributed by atoms with E-state index in [0.717, 1.165) is 25.2 Å². The van der Waals surface area contributed by atoms with E-state index in [1.165, 1.54) is 5.56 Å². The zero-order chi connectivity index (χ0) is 13.0. The van der Waals surface area contributed by atoms with Gasteiger partial charge in [0.05, 0.1) is 18.1 Å². The molecular formula is C13H21N5. The Bertz CT molecular complexity index is 483. The minimum Gasteiger partial charge on any atom is -0.378 e. The van der Waals surface area contributed by atoms with Gasteiger partial charge >= 0.3 is 0 Å². The predicted molar refractivity (Wildman–Crippen MR) is 72.5 cm³/mol. The van der Waals surface area contributed by atoms with Crippen LogP contribution in [0.2, 0.25) is 0 Å². The molecule has 98 valence electrons. The summed E-state index contributed by atoms with van der Waals surface area (Å²) in [5.41, 5.74) is 2.24. The van der Waals surface area contributed by atoms with E-state index in [4.69, 9.17) is 0 Å². The summed E-state index contributed by atoms with van der Waals surface area (Å²) < 4.78 is 3.93. The minimum atomic E-state index is 0.396.